The first-order valence-corrected chi connectivity index (χ1v) is 11.4. The van der Waals surface area contributed by atoms with Crippen molar-refractivity contribution in [3.8, 4) is 5.69 Å². The van der Waals surface area contributed by atoms with Crippen LogP contribution in [0.1, 0.15) is 66.6 Å². The van der Waals surface area contributed by atoms with E-state index < -0.39 is 11.9 Å². The van der Waals surface area contributed by atoms with Gasteiger partial charge >= 0.3 is 0 Å². The molecule has 5 rings (SSSR count). The Morgan fingerprint density at radius 3 is 2.72 bits per heavy atom. The van der Waals surface area contributed by atoms with Gasteiger partial charge in [0.15, 0.2) is 0 Å². The molecule has 1 N–H and O–H groups in total. The number of hydrogen-bond donors (Lipinski definition) is 1. The molecule has 3 aliphatic rings. The number of carbonyl (C=O) groups is 3. The molecule has 2 fully saturated rings. The number of benzene rings is 1. The summed E-state index contributed by atoms with van der Waals surface area (Å²) in [6.07, 6.45) is 8.96. The van der Waals surface area contributed by atoms with Crippen molar-refractivity contribution in [3.63, 3.8) is 0 Å². The smallest absolute Gasteiger partial charge is 0.255 e. The summed E-state index contributed by atoms with van der Waals surface area (Å²) >= 11 is 0. The largest absolute Gasteiger partial charge is 0.322 e. The van der Waals surface area contributed by atoms with Gasteiger partial charge in [0.1, 0.15) is 6.04 Å². The van der Waals surface area contributed by atoms with Gasteiger partial charge in [-0.25, -0.2) is 4.68 Å². The second-order valence-corrected chi connectivity index (χ2v) is 9.10. The zero-order chi connectivity index (χ0) is 22.2. The van der Waals surface area contributed by atoms with Gasteiger partial charge in [-0.15, -0.1) is 5.10 Å². The number of nitrogens with zero attached hydrogens (tertiary/aromatic N) is 5. The normalized spacial score (nSPS) is 21.9. The highest BCUT2D eigenvalue weighted by atomic mass is 16.2. The minimum Gasteiger partial charge on any atom is -0.322 e. The third-order valence-corrected chi connectivity index (χ3v) is 6.92. The number of piperidine rings is 1. The zero-order valence-corrected chi connectivity index (χ0v) is 18.3. The molecule has 32 heavy (non-hydrogen) atoms. The topological polar surface area (TPSA) is 100 Å². The Balaban J connectivity index is 1.29. The predicted octanol–water partition coefficient (Wildman–Crippen LogP) is 1.79. The van der Waals surface area contributed by atoms with Crippen LogP contribution in [0, 0.1) is 0 Å². The quantitative estimate of drug-likeness (QED) is 0.718. The molecule has 1 atom stereocenters. The van der Waals surface area contributed by atoms with E-state index in [0.717, 1.165) is 23.5 Å². The number of rotatable bonds is 5. The zero-order valence-electron chi connectivity index (χ0n) is 18.3. The molecule has 1 aliphatic carbocycles. The van der Waals surface area contributed by atoms with Gasteiger partial charge in [0.05, 0.1) is 17.6 Å². The van der Waals surface area contributed by atoms with E-state index in [1.54, 1.807) is 15.6 Å². The average Bonchev–Trinajstić information content (AvgIpc) is 3.39. The SMILES string of the molecule is CN(Cc1cn(-c2ccc3c(c2)CN(C2CCC(=O)NC2=O)C3=O)nn1)C1CCCCC1. The molecule has 0 radical (unpaired) electrons. The van der Waals surface area contributed by atoms with Crippen LogP contribution in [0.25, 0.3) is 5.69 Å². The minimum absolute atomic E-state index is 0.172. The van der Waals surface area contributed by atoms with E-state index in [-0.39, 0.29) is 18.2 Å². The Hall–Kier alpha value is -3.07. The van der Waals surface area contributed by atoms with Crippen molar-refractivity contribution in [1.29, 1.82) is 0 Å². The maximum Gasteiger partial charge on any atom is 0.255 e. The molecule has 1 saturated heterocycles. The van der Waals surface area contributed by atoms with E-state index in [9.17, 15) is 14.4 Å². The number of fused-ring (bicyclic) bond motifs is 1. The number of amides is 3. The third-order valence-electron chi connectivity index (χ3n) is 6.92. The molecule has 1 saturated carbocycles. The summed E-state index contributed by atoms with van der Waals surface area (Å²) in [5.41, 5.74) is 3.20. The van der Waals surface area contributed by atoms with Gasteiger partial charge in [0.2, 0.25) is 11.8 Å². The average molecular weight is 437 g/mol. The van der Waals surface area contributed by atoms with Gasteiger partial charge in [0.25, 0.3) is 5.91 Å². The molecular formula is C23H28N6O3. The standard InChI is InChI=1S/C23H28N6O3/c1-27(17-5-3-2-4-6-17)13-16-14-29(26-25-16)18-7-8-19-15(11-18)12-28(23(19)32)20-9-10-21(30)24-22(20)31/h7-8,11,14,17,20H,2-6,9-10,12-13H2,1H3,(H,24,30,31). The van der Waals surface area contributed by atoms with E-state index in [1.807, 2.05) is 18.3 Å². The lowest BCUT2D eigenvalue weighted by Crippen LogP contribution is -2.52. The van der Waals surface area contributed by atoms with Crippen molar-refractivity contribution in [2.24, 2.45) is 0 Å². The summed E-state index contributed by atoms with van der Waals surface area (Å²) in [4.78, 5) is 40.5. The van der Waals surface area contributed by atoms with Gasteiger partial charge in [-0.2, -0.15) is 0 Å². The van der Waals surface area contributed by atoms with E-state index >= 15 is 0 Å². The summed E-state index contributed by atoms with van der Waals surface area (Å²) in [7, 11) is 2.15. The highest BCUT2D eigenvalue weighted by Gasteiger charge is 2.39. The Kier molecular flexibility index (Phi) is 5.50. The maximum absolute atomic E-state index is 12.9. The maximum atomic E-state index is 12.9. The van der Waals surface area contributed by atoms with Gasteiger partial charge in [-0.05, 0) is 50.1 Å². The van der Waals surface area contributed by atoms with Crippen LogP contribution in [-0.2, 0) is 22.7 Å². The second-order valence-electron chi connectivity index (χ2n) is 9.10. The third kappa shape index (κ3) is 3.92. The molecule has 168 valence electrons. The molecule has 0 bridgehead atoms. The van der Waals surface area contributed by atoms with E-state index in [4.69, 9.17) is 0 Å². The molecule has 9 nitrogen and oxygen atoms in total. The molecule has 1 aromatic heterocycles. The molecule has 2 aliphatic heterocycles. The van der Waals surface area contributed by atoms with Gasteiger partial charge in [-0.1, -0.05) is 24.5 Å². The Morgan fingerprint density at radius 1 is 1.12 bits per heavy atom. The minimum atomic E-state index is -0.607. The number of carbonyl (C=O) groups excluding carboxylic acids is 3. The molecule has 1 unspecified atom stereocenters. The van der Waals surface area contributed by atoms with Crippen molar-refractivity contribution in [2.75, 3.05) is 7.05 Å². The highest BCUT2D eigenvalue weighted by Crippen LogP contribution is 2.29. The molecule has 1 aromatic carbocycles. The van der Waals surface area contributed by atoms with Crippen LogP contribution in [0.5, 0.6) is 0 Å². The summed E-state index contributed by atoms with van der Waals surface area (Å²) in [5, 5.41) is 11.0. The van der Waals surface area contributed by atoms with E-state index in [2.05, 4.69) is 27.6 Å². The first kappa shape index (κ1) is 20.8. The Morgan fingerprint density at radius 2 is 1.94 bits per heavy atom. The lowest BCUT2D eigenvalue weighted by Gasteiger charge is -2.30. The van der Waals surface area contributed by atoms with E-state index in [1.165, 1.54) is 32.1 Å². The number of aromatic nitrogens is 3. The van der Waals surface area contributed by atoms with Crippen molar-refractivity contribution in [1.82, 2.24) is 30.1 Å². The van der Waals surface area contributed by atoms with E-state index in [0.29, 0.717) is 24.6 Å². The molecule has 0 spiro atoms. The molecule has 2 aromatic rings. The predicted molar refractivity (Wildman–Crippen MR) is 116 cm³/mol. The highest BCUT2D eigenvalue weighted by molar-refractivity contribution is 6.05. The number of imide groups is 1. The summed E-state index contributed by atoms with van der Waals surface area (Å²) < 4.78 is 1.74. The monoisotopic (exact) mass is 436 g/mol. The first-order chi connectivity index (χ1) is 15.5. The van der Waals surface area contributed by atoms with Crippen molar-refractivity contribution < 1.29 is 14.4 Å². The lowest BCUT2D eigenvalue weighted by molar-refractivity contribution is -0.136. The fraction of sp³-hybridized carbons (Fsp3) is 0.522. The van der Waals surface area contributed by atoms with Crippen LogP contribution in [0.3, 0.4) is 0 Å². The van der Waals surface area contributed by atoms with Crippen LogP contribution in [0.15, 0.2) is 24.4 Å². The number of nitrogens with one attached hydrogen (secondary N) is 1. The number of hydrogen-bond acceptors (Lipinski definition) is 6. The lowest BCUT2D eigenvalue weighted by atomic mass is 9.94. The Labute approximate surface area is 186 Å². The molecule has 9 heteroatoms. The fourth-order valence-electron chi connectivity index (χ4n) is 5.11. The van der Waals surface area contributed by atoms with Crippen molar-refractivity contribution in [2.45, 2.75) is 70.1 Å². The first-order valence-electron chi connectivity index (χ1n) is 11.4. The fourth-order valence-corrected chi connectivity index (χ4v) is 5.11. The molecule has 3 heterocycles. The van der Waals surface area contributed by atoms with Crippen molar-refractivity contribution >= 4 is 17.7 Å². The molecule has 3 amide bonds. The van der Waals surface area contributed by atoms with Crippen LogP contribution in [-0.4, -0.2) is 61.6 Å². The second kappa shape index (κ2) is 8.46. The summed E-state index contributed by atoms with van der Waals surface area (Å²) in [6, 6.07) is 5.58. The van der Waals surface area contributed by atoms with Crippen LogP contribution >= 0.6 is 0 Å². The summed E-state index contributed by atoms with van der Waals surface area (Å²) in [5.74, 6) is -0.853. The molecular weight excluding hydrogens is 408 g/mol. The van der Waals surface area contributed by atoms with Crippen LogP contribution in [0.4, 0.5) is 0 Å². The van der Waals surface area contributed by atoms with Crippen LogP contribution < -0.4 is 5.32 Å². The Bertz CT molecular complexity index is 1060. The summed E-state index contributed by atoms with van der Waals surface area (Å²) in [6.45, 7) is 1.11. The van der Waals surface area contributed by atoms with Crippen molar-refractivity contribution in [3.05, 3.63) is 41.2 Å². The van der Waals surface area contributed by atoms with Crippen LogP contribution in [0.2, 0.25) is 0 Å². The van der Waals surface area contributed by atoms with Gasteiger partial charge < -0.3 is 4.90 Å². The van der Waals surface area contributed by atoms with Gasteiger partial charge in [-0.3, -0.25) is 24.6 Å². The van der Waals surface area contributed by atoms with Gasteiger partial charge in [0, 0.05) is 31.1 Å².